The molecule has 3 fully saturated rings. The van der Waals surface area contributed by atoms with Crippen molar-refractivity contribution in [2.75, 3.05) is 6.61 Å². The number of benzene rings is 1. The van der Waals surface area contributed by atoms with Crippen LogP contribution in [-0.2, 0) is 28.6 Å². The van der Waals surface area contributed by atoms with Crippen LogP contribution in [0.15, 0.2) is 29.2 Å². The van der Waals surface area contributed by atoms with Crippen LogP contribution in [0.4, 0.5) is 0 Å². The predicted molar refractivity (Wildman–Crippen MR) is 78.8 cm³/mol. The van der Waals surface area contributed by atoms with Gasteiger partial charge in [-0.05, 0) is 32.4 Å². The van der Waals surface area contributed by atoms with Gasteiger partial charge in [-0.1, -0.05) is 17.7 Å². The second-order valence-electron chi connectivity index (χ2n) is 6.74. The van der Waals surface area contributed by atoms with Gasteiger partial charge in [0, 0.05) is 6.42 Å². The molecule has 4 atom stereocenters. The van der Waals surface area contributed by atoms with E-state index in [-0.39, 0.29) is 23.6 Å². The monoisotopic (exact) mass is 338 g/mol. The highest BCUT2D eigenvalue weighted by Crippen LogP contribution is 2.61. The highest BCUT2D eigenvalue weighted by molar-refractivity contribution is 7.86. The normalized spacial score (nSPS) is 38.6. The fourth-order valence-electron chi connectivity index (χ4n) is 4.00. The zero-order valence-corrected chi connectivity index (χ0v) is 13.8. The molecule has 124 valence electrons. The van der Waals surface area contributed by atoms with Crippen molar-refractivity contribution >= 4 is 16.1 Å². The third-order valence-corrected chi connectivity index (χ3v) is 6.75. The minimum absolute atomic E-state index is 0.0865. The zero-order chi connectivity index (χ0) is 16.5. The molecule has 7 heteroatoms. The van der Waals surface area contributed by atoms with Crippen molar-refractivity contribution in [1.82, 2.24) is 0 Å². The molecule has 0 spiro atoms. The summed E-state index contributed by atoms with van der Waals surface area (Å²) in [6.45, 7) is 3.79. The Morgan fingerprint density at radius 3 is 2.65 bits per heavy atom. The van der Waals surface area contributed by atoms with E-state index in [2.05, 4.69) is 0 Å². The molecule has 4 rings (SSSR count). The predicted octanol–water partition coefficient (Wildman–Crippen LogP) is 1.77. The Balaban J connectivity index is 1.69. The van der Waals surface area contributed by atoms with Crippen LogP contribution >= 0.6 is 0 Å². The Hall–Kier alpha value is -1.44. The molecule has 23 heavy (non-hydrogen) atoms. The molecule has 0 N–H and O–H groups in total. The van der Waals surface area contributed by atoms with E-state index in [1.807, 2.05) is 6.92 Å². The van der Waals surface area contributed by atoms with Gasteiger partial charge in [0.15, 0.2) is 5.79 Å². The summed E-state index contributed by atoms with van der Waals surface area (Å²) in [6, 6.07) is 6.46. The molecule has 1 aromatic rings. The summed E-state index contributed by atoms with van der Waals surface area (Å²) in [5, 5.41) is 0. The molecule has 0 radical (unpaired) electrons. The van der Waals surface area contributed by atoms with Crippen molar-refractivity contribution in [2.24, 2.45) is 11.3 Å². The number of cyclic esters (lactones) is 1. The van der Waals surface area contributed by atoms with E-state index in [0.717, 1.165) is 5.56 Å². The van der Waals surface area contributed by atoms with E-state index in [4.69, 9.17) is 13.7 Å². The van der Waals surface area contributed by atoms with Gasteiger partial charge in [0.2, 0.25) is 0 Å². The fraction of sp³-hybridized carbons (Fsp3) is 0.562. The van der Waals surface area contributed by atoms with E-state index in [0.29, 0.717) is 12.8 Å². The molecule has 0 amide bonds. The maximum Gasteiger partial charge on any atom is 0.315 e. The Kier molecular flexibility index (Phi) is 2.99. The number of carbonyl (C=O) groups excluding carboxylic acids is 1. The van der Waals surface area contributed by atoms with Crippen LogP contribution in [0.2, 0.25) is 0 Å². The molecule has 2 bridgehead atoms. The fourth-order valence-corrected chi connectivity index (χ4v) is 5.17. The molecular formula is C16H18O6S. The van der Waals surface area contributed by atoms with E-state index in [9.17, 15) is 13.2 Å². The van der Waals surface area contributed by atoms with Gasteiger partial charge in [-0.15, -0.1) is 0 Å². The first-order valence-electron chi connectivity index (χ1n) is 7.65. The van der Waals surface area contributed by atoms with Crippen LogP contribution < -0.4 is 0 Å². The summed E-state index contributed by atoms with van der Waals surface area (Å²) < 4.78 is 41.9. The lowest BCUT2D eigenvalue weighted by Crippen LogP contribution is -2.46. The minimum atomic E-state index is -3.98. The lowest BCUT2D eigenvalue weighted by molar-refractivity contribution is -0.166. The topological polar surface area (TPSA) is 78.9 Å². The Morgan fingerprint density at radius 2 is 1.96 bits per heavy atom. The first-order valence-corrected chi connectivity index (χ1v) is 9.06. The minimum Gasteiger partial charge on any atom is -0.465 e. The van der Waals surface area contributed by atoms with Crippen LogP contribution in [0.1, 0.15) is 25.3 Å². The summed E-state index contributed by atoms with van der Waals surface area (Å²) in [5.41, 5.74) is 0.142. The molecule has 2 unspecified atom stereocenters. The highest BCUT2D eigenvalue weighted by atomic mass is 32.2. The Morgan fingerprint density at radius 1 is 1.26 bits per heavy atom. The third-order valence-electron chi connectivity index (χ3n) is 5.40. The van der Waals surface area contributed by atoms with Gasteiger partial charge < -0.3 is 9.47 Å². The Bertz CT molecular complexity index is 770. The molecule has 0 saturated carbocycles. The molecule has 1 aromatic carbocycles. The largest absolute Gasteiger partial charge is 0.465 e. The molecule has 0 aromatic heterocycles. The number of esters is 1. The Labute approximate surface area is 134 Å². The summed E-state index contributed by atoms with van der Waals surface area (Å²) in [4.78, 5) is 12.2. The van der Waals surface area contributed by atoms with Crippen molar-refractivity contribution in [1.29, 1.82) is 0 Å². The summed E-state index contributed by atoms with van der Waals surface area (Å²) in [5.74, 6) is -2.03. The second kappa shape index (κ2) is 4.55. The van der Waals surface area contributed by atoms with Crippen LogP contribution in [0.3, 0.4) is 0 Å². The lowest BCUT2D eigenvalue weighted by atomic mass is 9.68. The van der Waals surface area contributed by atoms with E-state index >= 15 is 0 Å². The van der Waals surface area contributed by atoms with Crippen molar-refractivity contribution in [3.8, 4) is 0 Å². The molecule has 0 aliphatic carbocycles. The van der Waals surface area contributed by atoms with E-state index in [1.165, 1.54) is 12.1 Å². The summed E-state index contributed by atoms with van der Waals surface area (Å²) in [7, 11) is -3.98. The van der Waals surface area contributed by atoms with Crippen molar-refractivity contribution in [3.05, 3.63) is 29.8 Å². The van der Waals surface area contributed by atoms with E-state index < -0.39 is 27.2 Å². The number of hydrogen-bond donors (Lipinski definition) is 0. The number of aryl methyl sites for hydroxylation is 1. The number of hydrogen-bond acceptors (Lipinski definition) is 6. The number of fused-ring (bicyclic) bond motifs is 5. The number of carbonyl (C=O) groups is 1. The first-order chi connectivity index (χ1) is 10.8. The summed E-state index contributed by atoms with van der Waals surface area (Å²) in [6.07, 6.45) is 0.682. The standard InChI is InChI=1S/C16H18O6S/c1-10-3-5-11(6-4-10)23(18,19)22-16-8-7-13(21-16)15(2)12(16)9-20-14(15)17/h3-6,12-13H,7-9H2,1-2H3/t12-,13?,15+,16?/m0/s1. The molecule has 3 aliphatic rings. The van der Waals surface area contributed by atoms with Gasteiger partial charge in [0.25, 0.3) is 10.1 Å². The van der Waals surface area contributed by atoms with Gasteiger partial charge in [-0.2, -0.15) is 8.42 Å². The average molecular weight is 338 g/mol. The second-order valence-corrected chi connectivity index (χ2v) is 8.29. The quantitative estimate of drug-likeness (QED) is 0.617. The lowest BCUT2D eigenvalue weighted by Gasteiger charge is -2.33. The van der Waals surface area contributed by atoms with Gasteiger partial charge in [-0.25, -0.2) is 4.18 Å². The van der Waals surface area contributed by atoms with Gasteiger partial charge in [-0.3, -0.25) is 4.79 Å². The van der Waals surface area contributed by atoms with Crippen LogP contribution in [-0.4, -0.2) is 32.9 Å². The smallest absolute Gasteiger partial charge is 0.315 e. The van der Waals surface area contributed by atoms with Crippen LogP contribution in [0, 0.1) is 18.3 Å². The maximum atomic E-state index is 12.6. The number of rotatable bonds is 3. The number of ether oxygens (including phenoxy) is 2. The SMILES string of the molecule is Cc1ccc(S(=O)(=O)OC23CCC(O2)[C@]2(C)C(=O)OC[C@H]32)cc1. The van der Waals surface area contributed by atoms with E-state index in [1.54, 1.807) is 19.1 Å². The van der Waals surface area contributed by atoms with Gasteiger partial charge in [0.1, 0.15) is 12.0 Å². The molecule has 6 nitrogen and oxygen atoms in total. The molecule has 3 aliphatic heterocycles. The van der Waals surface area contributed by atoms with Crippen molar-refractivity contribution in [2.45, 2.75) is 43.5 Å². The molecular weight excluding hydrogens is 320 g/mol. The first kappa shape index (κ1) is 15.1. The zero-order valence-electron chi connectivity index (χ0n) is 12.9. The van der Waals surface area contributed by atoms with Crippen LogP contribution in [0.5, 0.6) is 0 Å². The maximum absolute atomic E-state index is 12.6. The van der Waals surface area contributed by atoms with Gasteiger partial charge in [0.05, 0.1) is 16.9 Å². The van der Waals surface area contributed by atoms with Crippen molar-refractivity contribution < 1.29 is 26.9 Å². The van der Waals surface area contributed by atoms with Crippen LogP contribution in [0.25, 0.3) is 0 Å². The summed E-state index contributed by atoms with van der Waals surface area (Å²) >= 11 is 0. The average Bonchev–Trinajstić information content (AvgIpc) is 3.10. The molecule has 3 saturated heterocycles. The highest BCUT2D eigenvalue weighted by Gasteiger charge is 2.74. The van der Waals surface area contributed by atoms with Gasteiger partial charge >= 0.3 is 5.97 Å². The van der Waals surface area contributed by atoms with Crippen molar-refractivity contribution in [3.63, 3.8) is 0 Å². The molecule has 3 heterocycles. The third kappa shape index (κ3) is 1.93.